The molecular weight excluding hydrogens is 136 g/mol. The zero-order valence-corrected chi connectivity index (χ0v) is 6.92. The van der Waals surface area contributed by atoms with E-state index in [2.05, 4.69) is 10.2 Å². The van der Waals surface area contributed by atoms with Crippen LogP contribution in [0.5, 0.6) is 0 Å². The Morgan fingerprint density at radius 2 is 2.27 bits per heavy atom. The molecule has 0 unspecified atom stereocenters. The van der Waals surface area contributed by atoms with E-state index in [1.165, 1.54) is 38.9 Å². The third kappa shape index (κ3) is 0.798. The lowest BCUT2D eigenvalue weighted by atomic mass is 10.0. The van der Waals surface area contributed by atoms with E-state index < -0.39 is 0 Å². The van der Waals surface area contributed by atoms with E-state index in [9.17, 15) is 0 Å². The third-order valence-corrected chi connectivity index (χ3v) is 3.73. The lowest BCUT2D eigenvalue weighted by molar-refractivity contribution is 0.246. The second-order valence-corrected chi connectivity index (χ2v) is 4.26. The molecule has 3 aliphatic heterocycles. The first-order valence-electron chi connectivity index (χ1n) is 4.91. The first-order chi connectivity index (χ1) is 5.45. The molecule has 3 saturated heterocycles. The Hall–Kier alpha value is -0.0800. The minimum Gasteiger partial charge on any atom is -0.315 e. The molecule has 3 rings (SSSR count). The molecule has 3 atom stereocenters. The highest BCUT2D eigenvalue weighted by Gasteiger charge is 2.44. The predicted molar refractivity (Wildman–Crippen MR) is 44.5 cm³/mol. The van der Waals surface area contributed by atoms with Gasteiger partial charge in [0.05, 0.1) is 0 Å². The molecule has 11 heavy (non-hydrogen) atoms. The van der Waals surface area contributed by atoms with Crippen LogP contribution in [0.3, 0.4) is 0 Å². The van der Waals surface area contributed by atoms with Crippen LogP contribution in [0.1, 0.15) is 19.3 Å². The minimum atomic E-state index is 0.919. The molecule has 2 nitrogen and oxygen atoms in total. The molecule has 0 aliphatic carbocycles. The van der Waals surface area contributed by atoms with Crippen LogP contribution < -0.4 is 5.32 Å². The van der Waals surface area contributed by atoms with Crippen LogP contribution in [-0.4, -0.2) is 36.6 Å². The summed E-state index contributed by atoms with van der Waals surface area (Å²) in [5.41, 5.74) is 0. The number of rotatable bonds is 0. The van der Waals surface area contributed by atoms with E-state index in [0.29, 0.717) is 0 Å². The number of hydrogen-bond acceptors (Lipinski definition) is 2. The summed E-state index contributed by atoms with van der Waals surface area (Å²) < 4.78 is 0. The summed E-state index contributed by atoms with van der Waals surface area (Å²) in [6.45, 7) is 3.94. The van der Waals surface area contributed by atoms with Gasteiger partial charge in [-0.3, -0.25) is 4.90 Å². The van der Waals surface area contributed by atoms with Crippen LogP contribution >= 0.6 is 0 Å². The summed E-state index contributed by atoms with van der Waals surface area (Å²) >= 11 is 0. The summed E-state index contributed by atoms with van der Waals surface area (Å²) in [5, 5.41) is 3.50. The van der Waals surface area contributed by atoms with E-state index in [-0.39, 0.29) is 0 Å². The van der Waals surface area contributed by atoms with Crippen molar-refractivity contribution in [3.63, 3.8) is 0 Å². The Morgan fingerprint density at radius 1 is 1.27 bits per heavy atom. The SMILES string of the molecule is C1C[C@H]2C[C@H]3CNC[C@@H]3N2C1. The van der Waals surface area contributed by atoms with Crippen molar-refractivity contribution in [3.8, 4) is 0 Å². The molecule has 0 aromatic carbocycles. The van der Waals surface area contributed by atoms with Crippen molar-refractivity contribution in [3.05, 3.63) is 0 Å². The quantitative estimate of drug-likeness (QED) is 0.542. The smallest absolute Gasteiger partial charge is 0.0264 e. The topological polar surface area (TPSA) is 15.3 Å². The summed E-state index contributed by atoms with van der Waals surface area (Å²) in [7, 11) is 0. The minimum absolute atomic E-state index is 0.919. The number of nitrogens with one attached hydrogen (secondary N) is 1. The van der Waals surface area contributed by atoms with Crippen molar-refractivity contribution in [1.82, 2.24) is 10.2 Å². The second-order valence-electron chi connectivity index (χ2n) is 4.26. The fourth-order valence-electron chi connectivity index (χ4n) is 3.24. The Balaban J connectivity index is 1.84. The highest BCUT2D eigenvalue weighted by atomic mass is 15.3. The molecule has 2 heteroatoms. The second kappa shape index (κ2) is 2.20. The number of nitrogens with zero attached hydrogens (tertiary/aromatic N) is 1. The van der Waals surface area contributed by atoms with Gasteiger partial charge in [0, 0.05) is 18.6 Å². The first kappa shape index (κ1) is 6.44. The molecule has 3 fully saturated rings. The average molecular weight is 152 g/mol. The fourth-order valence-corrected chi connectivity index (χ4v) is 3.24. The van der Waals surface area contributed by atoms with Crippen LogP contribution in [0.4, 0.5) is 0 Å². The molecule has 3 aliphatic rings. The highest BCUT2D eigenvalue weighted by molar-refractivity contribution is 5.01. The lowest BCUT2D eigenvalue weighted by Gasteiger charge is -2.21. The van der Waals surface area contributed by atoms with Crippen molar-refractivity contribution in [2.45, 2.75) is 31.3 Å². The van der Waals surface area contributed by atoms with Gasteiger partial charge in [-0.25, -0.2) is 0 Å². The van der Waals surface area contributed by atoms with Crippen molar-refractivity contribution >= 4 is 0 Å². The van der Waals surface area contributed by atoms with Gasteiger partial charge in [-0.1, -0.05) is 0 Å². The Bertz CT molecular complexity index is 151. The maximum Gasteiger partial charge on any atom is 0.0264 e. The monoisotopic (exact) mass is 152 g/mol. The molecule has 1 N–H and O–H groups in total. The van der Waals surface area contributed by atoms with Crippen molar-refractivity contribution in [2.75, 3.05) is 19.6 Å². The van der Waals surface area contributed by atoms with Crippen LogP contribution in [-0.2, 0) is 0 Å². The molecule has 0 aromatic heterocycles. The zero-order valence-electron chi connectivity index (χ0n) is 6.92. The molecule has 0 aromatic rings. The van der Waals surface area contributed by atoms with Crippen LogP contribution in [0, 0.1) is 5.92 Å². The molecule has 62 valence electrons. The van der Waals surface area contributed by atoms with Gasteiger partial charge in [0.2, 0.25) is 0 Å². The van der Waals surface area contributed by atoms with Gasteiger partial charge in [0.25, 0.3) is 0 Å². The average Bonchev–Trinajstić information content (AvgIpc) is 2.52. The van der Waals surface area contributed by atoms with Crippen LogP contribution in [0.25, 0.3) is 0 Å². The van der Waals surface area contributed by atoms with Gasteiger partial charge in [-0.05, 0) is 38.3 Å². The molecule has 0 spiro atoms. The third-order valence-electron chi connectivity index (χ3n) is 3.73. The molecule has 0 amide bonds. The van der Waals surface area contributed by atoms with Crippen LogP contribution in [0.2, 0.25) is 0 Å². The van der Waals surface area contributed by atoms with Crippen molar-refractivity contribution in [1.29, 1.82) is 0 Å². The maximum atomic E-state index is 3.50. The summed E-state index contributed by atoms with van der Waals surface area (Å²) in [4.78, 5) is 2.75. The summed E-state index contributed by atoms with van der Waals surface area (Å²) in [6, 6.07) is 1.90. The number of hydrogen-bond donors (Lipinski definition) is 1. The summed E-state index contributed by atoms with van der Waals surface area (Å²) in [6.07, 6.45) is 4.42. The van der Waals surface area contributed by atoms with E-state index in [1.807, 2.05) is 0 Å². The van der Waals surface area contributed by atoms with Gasteiger partial charge in [0.15, 0.2) is 0 Å². The standard InChI is InChI=1S/C9H16N2/c1-2-8-4-7-5-10-6-9(7)11(8)3-1/h7-10H,1-6H2/t7-,8-,9-/m0/s1. The van der Waals surface area contributed by atoms with Gasteiger partial charge in [0.1, 0.15) is 0 Å². The van der Waals surface area contributed by atoms with E-state index in [0.717, 1.165) is 18.0 Å². The molecule has 0 radical (unpaired) electrons. The largest absolute Gasteiger partial charge is 0.315 e. The summed E-state index contributed by atoms with van der Waals surface area (Å²) in [5.74, 6) is 1.00. The Labute approximate surface area is 68.0 Å². The molecule has 0 saturated carbocycles. The molecule has 0 bridgehead atoms. The fraction of sp³-hybridized carbons (Fsp3) is 1.00. The molecular formula is C9H16N2. The van der Waals surface area contributed by atoms with Crippen LogP contribution in [0.15, 0.2) is 0 Å². The zero-order chi connectivity index (χ0) is 7.26. The highest BCUT2D eigenvalue weighted by Crippen LogP contribution is 2.37. The lowest BCUT2D eigenvalue weighted by Crippen LogP contribution is -2.35. The van der Waals surface area contributed by atoms with E-state index in [4.69, 9.17) is 0 Å². The van der Waals surface area contributed by atoms with E-state index >= 15 is 0 Å². The van der Waals surface area contributed by atoms with Gasteiger partial charge in [-0.2, -0.15) is 0 Å². The van der Waals surface area contributed by atoms with Gasteiger partial charge in [-0.15, -0.1) is 0 Å². The number of fused-ring (bicyclic) bond motifs is 3. The van der Waals surface area contributed by atoms with Gasteiger partial charge < -0.3 is 5.32 Å². The molecule has 3 heterocycles. The first-order valence-corrected chi connectivity index (χ1v) is 4.91. The van der Waals surface area contributed by atoms with E-state index in [1.54, 1.807) is 0 Å². The van der Waals surface area contributed by atoms with Crippen molar-refractivity contribution < 1.29 is 0 Å². The van der Waals surface area contributed by atoms with Gasteiger partial charge >= 0.3 is 0 Å². The van der Waals surface area contributed by atoms with Crippen molar-refractivity contribution in [2.24, 2.45) is 5.92 Å². The Kier molecular flexibility index (Phi) is 1.29. The normalized spacial score (nSPS) is 49.6. The maximum absolute atomic E-state index is 3.50. The Morgan fingerprint density at radius 3 is 3.27 bits per heavy atom. The predicted octanol–water partition coefficient (Wildman–Crippen LogP) is 0.442.